The molecule has 0 aromatic heterocycles. The average molecular weight is 1150 g/mol. The molecule has 0 saturated carbocycles. The quantitative estimate of drug-likeness (QED) is 0.0308. The van der Waals surface area contributed by atoms with E-state index >= 15 is 0 Å². The third kappa shape index (κ3) is 43.0. The summed E-state index contributed by atoms with van der Waals surface area (Å²) in [6, 6.07) is -4.07. The van der Waals surface area contributed by atoms with Gasteiger partial charge < -0.3 is 81.4 Å². The topological polar surface area (TPSA) is 390 Å². The van der Waals surface area contributed by atoms with Crippen LogP contribution in [0.1, 0.15) is 174 Å². The first-order chi connectivity index (χ1) is 38.4. The average Bonchev–Trinajstić information content (AvgIpc) is 3.41. The maximum atomic E-state index is 12.5. The number of nitrogens with one attached hydrogen (secondary N) is 7. The molecule has 80 heavy (non-hydrogen) atoms. The van der Waals surface area contributed by atoms with Gasteiger partial charge in [0, 0.05) is 51.7 Å². The van der Waals surface area contributed by atoms with E-state index in [9.17, 15) is 68.1 Å². The summed E-state index contributed by atoms with van der Waals surface area (Å²) < 4.78 is 21.2. The number of aliphatic carboxylic acids is 4. The summed E-state index contributed by atoms with van der Waals surface area (Å²) in [4.78, 5) is 131. The number of ether oxygens (including phenoxy) is 4. The van der Waals surface area contributed by atoms with Crippen molar-refractivity contribution in [3.05, 3.63) is 0 Å². The fraction of sp³-hybridized carbons (Fsp3) is 0.796. The number of amides is 6. The highest BCUT2D eigenvalue weighted by atomic mass is 16.5. The Labute approximate surface area is 470 Å². The predicted octanol–water partition coefficient (Wildman–Crippen LogP) is 2.51. The third-order valence-corrected chi connectivity index (χ3v) is 13.0. The number of carboxylic acid groups (broad SMARTS) is 4. The summed E-state index contributed by atoms with van der Waals surface area (Å²) >= 11 is 0. The molecule has 0 saturated heterocycles. The van der Waals surface area contributed by atoms with Gasteiger partial charge in [-0.1, -0.05) is 84.0 Å². The first kappa shape index (κ1) is 74.2. The summed E-state index contributed by atoms with van der Waals surface area (Å²) in [5.74, 6) is -7.90. The number of carbonyl (C=O) groups excluding carboxylic acids is 7. The molecule has 0 radical (unpaired) electrons. The number of hydrogen-bond acceptors (Lipinski definition) is 16. The van der Waals surface area contributed by atoms with Crippen molar-refractivity contribution in [2.45, 2.75) is 198 Å². The normalized spacial score (nSPS) is 12.9. The van der Waals surface area contributed by atoms with Crippen molar-refractivity contribution < 1.29 is 92.1 Å². The van der Waals surface area contributed by atoms with E-state index in [-0.39, 0.29) is 110 Å². The van der Waals surface area contributed by atoms with Gasteiger partial charge >= 0.3 is 23.9 Å². The van der Waals surface area contributed by atoms with Crippen molar-refractivity contribution in [3.8, 4) is 0 Å². The lowest BCUT2D eigenvalue weighted by molar-refractivity contribution is -0.144. The predicted molar refractivity (Wildman–Crippen MR) is 292 cm³/mol. The van der Waals surface area contributed by atoms with Gasteiger partial charge in [0.1, 0.15) is 37.6 Å². The van der Waals surface area contributed by atoms with E-state index in [1.54, 1.807) is 7.05 Å². The first-order valence-electron chi connectivity index (χ1n) is 28.4. The third-order valence-electron chi connectivity index (χ3n) is 13.0. The van der Waals surface area contributed by atoms with Crippen molar-refractivity contribution in [2.75, 3.05) is 79.5 Å². The van der Waals surface area contributed by atoms with Crippen molar-refractivity contribution in [1.82, 2.24) is 37.2 Å². The van der Waals surface area contributed by atoms with Crippen LogP contribution in [0.3, 0.4) is 0 Å². The standard InChI is InChI=1S/C54H95N7O19/c1-3-54(40-62,55-2)28-18-19-29-56-44(63)25-22-42(52(73)74)60-47(66)27-24-43(53(75)76)61-49(68)39-80-37-35-78-33-31-58-48(67)38-79-36-34-77-32-30-57-45(64)26-23-41(51(71)72)59-46(65)20-16-14-12-10-8-6-4-5-7-9-11-13-15-17-21-50(69)70/h40-43,55H,3-39H2,1-2H3,(H,56,63)(H,57,64)(H,58,67)(H,59,65)(H,60,66)(H,61,68)(H,69,70)(H,71,72)(H,73,74)(H,75,76)/t41-,42-,43-,54-/m0/s1. The number of unbranched alkanes of at least 4 members (excludes halogenated alkanes) is 14. The number of likely N-dealkylation sites (N-methyl/N-ethyl adjacent to an activating group) is 1. The lowest BCUT2D eigenvalue weighted by atomic mass is 9.91. The molecule has 0 bridgehead atoms. The van der Waals surface area contributed by atoms with E-state index in [0.717, 1.165) is 57.7 Å². The number of rotatable bonds is 56. The van der Waals surface area contributed by atoms with Gasteiger partial charge in [0.2, 0.25) is 35.4 Å². The SMILES string of the molecule is CC[C@@](C=O)(CCCCNC(=O)CC[C@H](NC(=O)CC[C@H](NC(=O)COCCOCCNC(=O)COCCOCCNC(=O)CC[C@H](NC(=O)CCCCCCCCCCCCCCCCC(=O)O)C(=O)O)C(=O)O)C(=O)O)NC. The van der Waals surface area contributed by atoms with E-state index in [0.29, 0.717) is 38.6 Å². The lowest BCUT2D eigenvalue weighted by Gasteiger charge is -2.25. The number of carbonyl (C=O) groups is 11. The number of hydrogen-bond donors (Lipinski definition) is 11. The molecule has 6 amide bonds. The highest BCUT2D eigenvalue weighted by Crippen LogP contribution is 2.16. The Morgan fingerprint density at radius 3 is 1.19 bits per heavy atom. The Kier molecular flexibility index (Phi) is 45.5. The zero-order chi connectivity index (χ0) is 59.7. The van der Waals surface area contributed by atoms with Crippen LogP contribution < -0.4 is 37.2 Å². The molecule has 4 atom stereocenters. The van der Waals surface area contributed by atoms with Crippen LogP contribution >= 0.6 is 0 Å². The van der Waals surface area contributed by atoms with Gasteiger partial charge in [0.05, 0.1) is 45.2 Å². The van der Waals surface area contributed by atoms with Gasteiger partial charge in [-0.15, -0.1) is 0 Å². The first-order valence-corrected chi connectivity index (χ1v) is 28.4. The highest BCUT2D eigenvalue weighted by molar-refractivity contribution is 5.87. The van der Waals surface area contributed by atoms with Gasteiger partial charge in [-0.25, -0.2) is 14.4 Å². The molecule has 11 N–H and O–H groups in total. The summed E-state index contributed by atoms with van der Waals surface area (Å²) in [7, 11) is 1.71. The Morgan fingerprint density at radius 1 is 0.412 bits per heavy atom. The van der Waals surface area contributed by atoms with Gasteiger partial charge in [-0.3, -0.25) is 33.6 Å². The van der Waals surface area contributed by atoms with Crippen LogP contribution in [-0.2, 0) is 71.7 Å². The van der Waals surface area contributed by atoms with E-state index < -0.39 is 90.1 Å². The molecule has 0 aliphatic carbocycles. The molecule has 0 aliphatic heterocycles. The van der Waals surface area contributed by atoms with E-state index in [1.165, 1.54) is 32.1 Å². The summed E-state index contributed by atoms with van der Waals surface area (Å²) in [5, 5.41) is 55.3. The molecule has 0 heterocycles. The molecule has 0 unspecified atom stereocenters. The van der Waals surface area contributed by atoms with Crippen molar-refractivity contribution in [2.24, 2.45) is 0 Å². The molecule has 0 fully saturated rings. The summed E-state index contributed by atoms with van der Waals surface area (Å²) in [5.41, 5.74) is -0.617. The molecule has 0 aromatic rings. The van der Waals surface area contributed by atoms with Crippen LogP contribution in [0.2, 0.25) is 0 Å². The fourth-order valence-electron chi connectivity index (χ4n) is 8.05. The fourth-order valence-corrected chi connectivity index (χ4v) is 8.05. The summed E-state index contributed by atoms with van der Waals surface area (Å²) in [6.45, 7) is 2.23. The minimum Gasteiger partial charge on any atom is -0.481 e. The monoisotopic (exact) mass is 1150 g/mol. The number of aldehydes is 1. The highest BCUT2D eigenvalue weighted by Gasteiger charge is 2.26. The maximum absolute atomic E-state index is 12.5. The summed E-state index contributed by atoms with van der Waals surface area (Å²) in [6.07, 6.45) is 17.3. The zero-order valence-electron chi connectivity index (χ0n) is 47.4. The van der Waals surface area contributed by atoms with Crippen LogP contribution in [0, 0.1) is 0 Å². The molecule has 0 rings (SSSR count). The second-order valence-electron chi connectivity index (χ2n) is 19.5. The van der Waals surface area contributed by atoms with Gasteiger partial charge in [0.25, 0.3) is 0 Å². The Bertz CT molecular complexity index is 1800. The van der Waals surface area contributed by atoms with E-state index in [4.69, 9.17) is 24.1 Å². The van der Waals surface area contributed by atoms with Crippen LogP contribution in [-0.4, -0.2) is 189 Å². The molecule has 26 nitrogen and oxygen atoms in total. The molecule has 26 heteroatoms. The van der Waals surface area contributed by atoms with Crippen LogP contribution in [0.15, 0.2) is 0 Å². The number of carboxylic acids is 4. The van der Waals surface area contributed by atoms with Gasteiger partial charge in [0.15, 0.2) is 0 Å². The Hall–Kier alpha value is -5.83. The van der Waals surface area contributed by atoms with Crippen LogP contribution in [0.5, 0.6) is 0 Å². The molecular formula is C54H95N7O19. The second kappa shape index (κ2) is 49.0. The largest absolute Gasteiger partial charge is 0.481 e. The Balaban J connectivity index is 3.99. The minimum absolute atomic E-state index is 0.0411. The molecule has 0 spiro atoms. The van der Waals surface area contributed by atoms with Crippen molar-refractivity contribution in [3.63, 3.8) is 0 Å². The zero-order valence-corrected chi connectivity index (χ0v) is 47.4. The van der Waals surface area contributed by atoms with Gasteiger partial charge in [-0.2, -0.15) is 0 Å². The van der Waals surface area contributed by atoms with Gasteiger partial charge in [-0.05, 0) is 64.8 Å². The van der Waals surface area contributed by atoms with Crippen LogP contribution in [0.25, 0.3) is 0 Å². The molecular weight excluding hydrogens is 1050 g/mol. The van der Waals surface area contributed by atoms with Crippen molar-refractivity contribution in [1.29, 1.82) is 0 Å². The van der Waals surface area contributed by atoms with E-state index in [2.05, 4.69) is 37.2 Å². The van der Waals surface area contributed by atoms with Crippen molar-refractivity contribution >= 4 is 65.6 Å². The maximum Gasteiger partial charge on any atom is 0.326 e. The van der Waals surface area contributed by atoms with Crippen LogP contribution in [0.4, 0.5) is 0 Å². The molecule has 0 aromatic carbocycles. The van der Waals surface area contributed by atoms with E-state index in [1.807, 2.05) is 6.92 Å². The molecule has 460 valence electrons. The minimum atomic E-state index is -1.48. The Morgan fingerprint density at radius 2 is 0.775 bits per heavy atom. The second-order valence-corrected chi connectivity index (χ2v) is 19.5. The smallest absolute Gasteiger partial charge is 0.326 e. The molecule has 0 aliphatic rings. The lowest BCUT2D eigenvalue weighted by Crippen LogP contribution is -2.45.